The molecule has 1 aromatic heterocycles. The molecular weight excluding hydrogens is 252 g/mol. The number of hydrogen-bond donors (Lipinski definition) is 1. The number of benzene rings is 1. The fraction of sp³-hybridized carbons (Fsp3) is 0.154. The fourth-order valence-corrected chi connectivity index (χ4v) is 2.87. The van der Waals surface area contributed by atoms with Crippen molar-refractivity contribution in [2.24, 2.45) is 5.73 Å². The first-order chi connectivity index (χ1) is 8.31. The third-order valence-electron chi connectivity index (χ3n) is 2.35. The van der Waals surface area contributed by atoms with Crippen LogP contribution < -0.4 is 5.73 Å². The van der Waals surface area contributed by atoms with Crippen LogP contribution in [0, 0.1) is 0 Å². The largest absolute Gasteiger partial charge is 0.330 e. The lowest BCUT2D eigenvalue weighted by atomic mass is 10.1. The van der Waals surface area contributed by atoms with Gasteiger partial charge in [0.2, 0.25) is 0 Å². The highest BCUT2D eigenvalue weighted by atomic mass is 35.5. The molecule has 0 atom stereocenters. The van der Waals surface area contributed by atoms with Crippen molar-refractivity contribution in [3.8, 4) is 0 Å². The normalized spacial score (nSPS) is 10.5. The summed E-state index contributed by atoms with van der Waals surface area (Å²) in [5.41, 5.74) is 6.74. The summed E-state index contributed by atoms with van der Waals surface area (Å²) in [6.45, 7) is 0.605. The van der Waals surface area contributed by atoms with E-state index in [9.17, 15) is 0 Å². The van der Waals surface area contributed by atoms with Crippen LogP contribution in [0.4, 0.5) is 0 Å². The molecule has 0 radical (unpaired) electrons. The van der Waals surface area contributed by atoms with Crippen LogP contribution in [-0.4, -0.2) is 11.5 Å². The van der Waals surface area contributed by atoms with Crippen molar-refractivity contribution in [2.45, 2.75) is 16.2 Å². The van der Waals surface area contributed by atoms with Crippen molar-refractivity contribution in [3.63, 3.8) is 0 Å². The number of nitrogens with two attached hydrogens (primary N) is 1. The summed E-state index contributed by atoms with van der Waals surface area (Å²) in [7, 11) is 0. The molecule has 88 valence electrons. The highest BCUT2D eigenvalue weighted by molar-refractivity contribution is 7.99. The van der Waals surface area contributed by atoms with E-state index in [0.717, 1.165) is 26.8 Å². The van der Waals surface area contributed by atoms with Gasteiger partial charge >= 0.3 is 0 Å². The molecule has 0 aliphatic carbocycles. The van der Waals surface area contributed by atoms with Crippen LogP contribution in [0.1, 0.15) is 5.56 Å². The van der Waals surface area contributed by atoms with Crippen molar-refractivity contribution >= 4 is 23.4 Å². The predicted molar refractivity (Wildman–Crippen MR) is 72.6 cm³/mol. The van der Waals surface area contributed by atoms with Crippen LogP contribution in [0.25, 0.3) is 0 Å². The van der Waals surface area contributed by atoms with Gasteiger partial charge in [-0.2, -0.15) is 0 Å². The summed E-state index contributed by atoms with van der Waals surface area (Å²) in [5, 5.41) is 0.787. The minimum Gasteiger partial charge on any atom is -0.330 e. The third kappa shape index (κ3) is 3.22. The highest BCUT2D eigenvalue weighted by Crippen LogP contribution is 2.33. The Labute approximate surface area is 110 Å². The van der Waals surface area contributed by atoms with Crippen LogP contribution in [0.15, 0.2) is 52.5 Å². The topological polar surface area (TPSA) is 38.9 Å². The standard InChI is InChI=1S/C13H13ClN2S/c14-12-2-1-3-13(11(12)4-7-15)17-10-5-8-16-9-6-10/h1-3,5-6,8-9H,4,7,15H2. The number of aromatic nitrogens is 1. The second-order valence-electron chi connectivity index (χ2n) is 3.54. The molecule has 0 aliphatic rings. The monoisotopic (exact) mass is 264 g/mol. The fourth-order valence-electron chi connectivity index (χ4n) is 1.55. The van der Waals surface area contributed by atoms with Gasteiger partial charge in [0.05, 0.1) is 0 Å². The first-order valence-electron chi connectivity index (χ1n) is 5.36. The van der Waals surface area contributed by atoms with Gasteiger partial charge in [0.15, 0.2) is 0 Å². The average Bonchev–Trinajstić information content (AvgIpc) is 2.35. The number of pyridine rings is 1. The molecule has 0 bridgehead atoms. The zero-order valence-electron chi connectivity index (χ0n) is 9.27. The van der Waals surface area contributed by atoms with Gasteiger partial charge in [0.1, 0.15) is 0 Å². The number of halogens is 1. The maximum Gasteiger partial charge on any atom is 0.0449 e. The molecule has 1 aromatic carbocycles. The van der Waals surface area contributed by atoms with Crippen molar-refractivity contribution in [3.05, 3.63) is 53.3 Å². The molecule has 0 spiro atoms. The zero-order valence-corrected chi connectivity index (χ0v) is 10.8. The van der Waals surface area contributed by atoms with E-state index in [4.69, 9.17) is 17.3 Å². The molecule has 2 N–H and O–H groups in total. The van der Waals surface area contributed by atoms with Crippen LogP contribution in [0.5, 0.6) is 0 Å². The first kappa shape index (κ1) is 12.4. The SMILES string of the molecule is NCCc1c(Cl)cccc1Sc1ccncc1. The second kappa shape index (κ2) is 6.05. The Morgan fingerprint density at radius 2 is 1.94 bits per heavy atom. The minimum absolute atomic E-state index is 0.605. The summed E-state index contributed by atoms with van der Waals surface area (Å²) in [5.74, 6) is 0. The summed E-state index contributed by atoms with van der Waals surface area (Å²) in [6.07, 6.45) is 4.37. The molecule has 2 rings (SSSR count). The smallest absolute Gasteiger partial charge is 0.0449 e. The van der Waals surface area contributed by atoms with Crippen LogP contribution >= 0.6 is 23.4 Å². The molecule has 2 aromatic rings. The van der Waals surface area contributed by atoms with Gasteiger partial charge in [-0.25, -0.2) is 0 Å². The van der Waals surface area contributed by atoms with Crippen LogP contribution in [-0.2, 0) is 6.42 Å². The Kier molecular flexibility index (Phi) is 4.42. The van der Waals surface area contributed by atoms with E-state index in [2.05, 4.69) is 11.1 Å². The number of rotatable bonds is 4. The van der Waals surface area contributed by atoms with Crippen molar-refractivity contribution in [1.29, 1.82) is 0 Å². The Bertz CT molecular complexity index is 488. The summed E-state index contributed by atoms with van der Waals surface area (Å²) in [4.78, 5) is 6.32. The lowest BCUT2D eigenvalue weighted by Gasteiger charge is -2.09. The molecule has 0 fully saturated rings. The van der Waals surface area contributed by atoms with E-state index < -0.39 is 0 Å². The van der Waals surface area contributed by atoms with Crippen molar-refractivity contribution in [2.75, 3.05) is 6.54 Å². The predicted octanol–water partition coefficient (Wildman–Crippen LogP) is 3.39. The van der Waals surface area contributed by atoms with Gasteiger partial charge in [0.25, 0.3) is 0 Å². The summed E-state index contributed by atoms with van der Waals surface area (Å²) < 4.78 is 0. The highest BCUT2D eigenvalue weighted by Gasteiger charge is 2.07. The summed E-state index contributed by atoms with van der Waals surface area (Å²) in [6, 6.07) is 9.91. The molecule has 17 heavy (non-hydrogen) atoms. The Hall–Kier alpha value is -1.03. The molecule has 0 unspecified atom stereocenters. The Morgan fingerprint density at radius 3 is 2.65 bits per heavy atom. The molecule has 4 heteroatoms. The maximum atomic E-state index is 6.19. The molecule has 0 amide bonds. The molecule has 0 saturated carbocycles. The Morgan fingerprint density at radius 1 is 1.18 bits per heavy atom. The lowest BCUT2D eigenvalue weighted by molar-refractivity contribution is 0.944. The van der Waals surface area contributed by atoms with E-state index in [1.54, 1.807) is 24.2 Å². The molecule has 2 nitrogen and oxygen atoms in total. The maximum absolute atomic E-state index is 6.19. The third-order valence-corrected chi connectivity index (χ3v) is 3.81. The van der Waals surface area contributed by atoms with Gasteiger partial charge in [-0.1, -0.05) is 29.4 Å². The first-order valence-corrected chi connectivity index (χ1v) is 6.56. The number of hydrogen-bond acceptors (Lipinski definition) is 3. The molecule has 0 aliphatic heterocycles. The minimum atomic E-state index is 0.605. The van der Waals surface area contributed by atoms with E-state index in [1.807, 2.05) is 24.3 Å². The van der Waals surface area contributed by atoms with Crippen molar-refractivity contribution in [1.82, 2.24) is 4.98 Å². The lowest BCUT2D eigenvalue weighted by Crippen LogP contribution is -2.04. The quantitative estimate of drug-likeness (QED) is 0.920. The van der Waals surface area contributed by atoms with Gasteiger partial charge in [-0.15, -0.1) is 0 Å². The second-order valence-corrected chi connectivity index (χ2v) is 5.06. The van der Waals surface area contributed by atoms with Crippen LogP contribution in [0.2, 0.25) is 5.02 Å². The van der Waals surface area contributed by atoms with Gasteiger partial charge in [-0.3, -0.25) is 4.98 Å². The molecule has 1 heterocycles. The van der Waals surface area contributed by atoms with Gasteiger partial charge in [-0.05, 0) is 42.8 Å². The van der Waals surface area contributed by atoms with E-state index in [0.29, 0.717) is 6.54 Å². The Balaban J connectivity index is 2.29. The molecular formula is C13H13ClN2S. The molecule has 0 saturated heterocycles. The van der Waals surface area contributed by atoms with Crippen LogP contribution in [0.3, 0.4) is 0 Å². The summed E-state index contributed by atoms with van der Waals surface area (Å²) >= 11 is 7.88. The average molecular weight is 265 g/mol. The van der Waals surface area contributed by atoms with Gasteiger partial charge < -0.3 is 5.73 Å². The van der Waals surface area contributed by atoms with Gasteiger partial charge in [0, 0.05) is 27.2 Å². The zero-order chi connectivity index (χ0) is 12.1. The number of nitrogens with zero attached hydrogens (tertiary/aromatic N) is 1. The van der Waals surface area contributed by atoms with Crippen molar-refractivity contribution < 1.29 is 0 Å². The van der Waals surface area contributed by atoms with E-state index in [1.165, 1.54) is 0 Å². The van der Waals surface area contributed by atoms with E-state index >= 15 is 0 Å². The van der Waals surface area contributed by atoms with E-state index in [-0.39, 0.29) is 0 Å².